The van der Waals surface area contributed by atoms with E-state index in [4.69, 9.17) is 0 Å². The standard InChI is InChI=1S/C30H26N6O3/c1-19-25(27(37)34(31-19)22-13-7-4-8-14-22)30(21(3)33-36(29(30)39)24-17-11-6-12-18-24)26-20(2)32-35(28(26)38)23-15-9-5-10-16-23/h4-18,25-26H,1-3H3. The molecule has 0 N–H and O–H groups in total. The minimum Gasteiger partial charge on any atom is -0.272 e. The molecule has 3 heterocycles. The maximum atomic E-state index is 14.6. The third-order valence-electron chi connectivity index (χ3n) is 7.57. The molecule has 0 bridgehead atoms. The highest BCUT2D eigenvalue weighted by atomic mass is 16.2. The van der Waals surface area contributed by atoms with Gasteiger partial charge in [0.15, 0.2) is 0 Å². The fraction of sp³-hybridized carbons (Fsp3) is 0.200. The molecule has 2 atom stereocenters. The van der Waals surface area contributed by atoms with Crippen molar-refractivity contribution in [1.82, 2.24) is 0 Å². The fourth-order valence-electron chi connectivity index (χ4n) is 5.87. The van der Waals surface area contributed by atoms with Gasteiger partial charge < -0.3 is 0 Å². The summed E-state index contributed by atoms with van der Waals surface area (Å²) in [5.74, 6) is -3.36. The lowest BCUT2D eigenvalue weighted by Gasteiger charge is -2.37. The minimum absolute atomic E-state index is 0.363. The molecule has 0 spiro atoms. The molecule has 194 valence electrons. The SMILES string of the molecule is CC1=NN(c2ccccc2)C(=O)C1C1(C2C(=O)N(c3ccccc3)N=C2C)C(=O)N(c2ccccc2)N=C1C. The van der Waals surface area contributed by atoms with E-state index in [2.05, 4.69) is 15.3 Å². The predicted molar refractivity (Wildman–Crippen MR) is 151 cm³/mol. The summed E-state index contributed by atoms with van der Waals surface area (Å²) < 4.78 is 0. The zero-order chi connectivity index (χ0) is 27.3. The van der Waals surface area contributed by atoms with E-state index in [0.717, 1.165) is 0 Å². The molecule has 0 radical (unpaired) electrons. The molecule has 3 aliphatic heterocycles. The van der Waals surface area contributed by atoms with Crippen molar-refractivity contribution in [2.75, 3.05) is 15.0 Å². The molecule has 9 nitrogen and oxygen atoms in total. The third-order valence-corrected chi connectivity index (χ3v) is 7.57. The summed E-state index contributed by atoms with van der Waals surface area (Å²) in [4.78, 5) is 43.0. The molecule has 6 rings (SSSR count). The maximum Gasteiger partial charge on any atom is 0.261 e. The number of amides is 3. The number of benzene rings is 3. The number of anilines is 3. The van der Waals surface area contributed by atoms with E-state index in [0.29, 0.717) is 34.2 Å². The zero-order valence-electron chi connectivity index (χ0n) is 21.7. The number of nitrogens with zero attached hydrogens (tertiary/aromatic N) is 6. The van der Waals surface area contributed by atoms with E-state index >= 15 is 0 Å². The second-order valence-corrected chi connectivity index (χ2v) is 9.83. The molecule has 3 aromatic carbocycles. The van der Waals surface area contributed by atoms with Gasteiger partial charge in [-0.1, -0.05) is 54.6 Å². The number of hydrogen-bond donors (Lipinski definition) is 0. The van der Waals surface area contributed by atoms with Crippen LogP contribution < -0.4 is 15.0 Å². The van der Waals surface area contributed by atoms with Gasteiger partial charge in [0.25, 0.3) is 17.7 Å². The summed E-state index contributed by atoms with van der Waals surface area (Å²) in [5.41, 5.74) is 1.27. The number of hydrogen-bond acceptors (Lipinski definition) is 6. The Morgan fingerprint density at radius 1 is 0.538 bits per heavy atom. The Hall–Kier alpha value is -4.92. The van der Waals surface area contributed by atoms with Crippen molar-refractivity contribution in [2.45, 2.75) is 20.8 Å². The monoisotopic (exact) mass is 518 g/mol. The molecular weight excluding hydrogens is 492 g/mol. The van der Waals surface area contributed by atoms with Crippen LogP contribution in [-0.2, 0) is 14.4 Å². The zero-order valence-corrected chi connectivity index (χ0v) is 21.7. The third kappa shape index (κ3) is 3.53. The maximum absolute atomic E-state index is 14.6. The average Bonchev–Trinajstić information content (AvgIpc) is 3.53. The first-order valence-corrected chi connectivity index (χ1v) is 12.7. The average molecular weight is 519 g/mol. The van der Waals surface area contributed by atoms with Gasteiger partial charge in [-0.05, 0) is 57.2 Å². The van der Waals surface area contributed by atoms with Crippen molar-refractivity contribution in [3.63, 3.8) is 0 Å². The number of carbonyl (C=O) groups excluding carboxylic acids is 3. The van der Waals surface area contributed by atoms with Gasteiger partial charge in [0.2, 0.25) is 0 Å². The van der Waals surface area contributed by atoms with Gasteiger partial charge in [0.05, 0.1) is 22.8 Å². The van der Waals surface area contributed by atoms with E-state index in [-0.39, 0.29) is 0 Å². The Labute approximate surface area is 225 Å². The van der Waals surface area contributed by atoms with E-state index in [1.165, 1.54) is 15.0 Å². The van der Waals surface area contributed by atoms with Crippen LogP contribution in [0.15, 0.2) is 106 Å². The van der Waals surface area contributed by atoms with Crippen molar-refractivity contribution in [3.05, 3.63) is 91.0 Å². The second-order valence-electron chi connectivity index (χ2n) is 9.83. The van der Waals surface area contributed by atoms with Crippen molar-refractivity contribution < 1.29 is 14.4 Å². The van der Waals surface area contributed by atoms with Crippen molar-refractivity contribution in [3.8, 4) is 0 Å². The molecular formula is C30H26N6O3. The summed E-state index contributed by atoms with van der Waals surface area (Å²) >= 11 is 0. The minimum atomic E-state index is -1.65. The molecule has 0 fully saturated rings. The number of para-hydroxylation sites is 3. The molecule has 0 saturated carbocycles. The Balaban J connectivity index is 1.51. The van der Waals surface area contributed by atoms with Gasteiger partial charge in [-0.3, -0.25) is 14.4 Å². The van der Waals surface area contributed by atoms with E-state index in [1.807, 2.05) is 54.6 Å². The quantitative estimate of drug-likeness (QED) is 0.498. The smallest absolute Gasteiger partial charge is 0.261 e. The Bertz CT molecular complexity index is 1490. The van der Waals surface area contributed by atoms with Gasteiger partial charge in [0, 0.05) is 11.4 Å². The van der Waals surface area contributed by atoms with Crippen molar-refractivity contribution in [2.24, 2.45) is 32.6 Å². The van der Waals surface area contributed by atoms with Gasteiger partial charge in [-0.15, -0.1) is 0 Å². The van der Waals surface area contributed by atoms with Gasteiger partial charge in [-0.2, -0.15) is 20.3 Å². The second kappa shape index (κ2) is 9.13. The Morgan fingerprint density at radius 3 is 1.28 bits per heavy atom. The molecule has 39 heavy (non-hydrogen) atoms. The molecule has 3 amide bonds. The van der Waals surface area contributed by atoms with Crippen LogP contribution in [-0.4, -0.2) is 34.9 Å². The summed E-state index contributed by atoms with van der Waals surface area (Å²) in [6.45, 7) is 5.15. The summed E-state index contributed by atoms with van der Waals surface area (Å²) in [7, 11) is 0. The lowest BCUT2D eigenvalue weighted by Crippen LogP contribution is -2.58. The van der Waals surface area contributed by atoms with E-state index < -0.39 is 35.0 Å². The normalized spacial score (nSPS) is 24.8. The fourth-order valence-corrected chi connectivity index (χ4v) is 5.87. The summed E-state index contributed by atoms with van der Waals surface area (Å²) in [5, 5.41) is 17.8. The van der Waals surface area contributed by atoms with Crippen LogP contribution in [0.25, 0.3) is 0 Å². The first-order valence-electron chi connectivity index (χ1n) is 12.7. The van der Waals surface area contributed by atoms with Crippen LogP contribution in [0.3, 0.4) is 0 Å². The van der Waals surface area contributed by atoms with Crippen molar-refractivity contribution >= 4 is 51.9 Å². The van der Waals surface area contributed by atoms with Crippen LogP contribution in [0, 0.1) is 17.3 Å². The molecule has 3 aromatic rings. The van der Waals surface area contributed by atoms with Crippen LogP contribution in [0.4, 0.5) is 17.1 Å². The highest BCUT2D eigenvalue weighted by Gasteiger charge is 2.68. The summed E-state index contributed by atoms with van der Waals surface area (Å²) in [6, 6.07) is 27.1. The lowest BCUT2D eigenvalue weighted by atomic mass is 9.60. The largest absolute Gasteiger partial charge is 0.272 e. The van der Waals surface area contributed by atoms with E-state index in [9.17, 15) is 14.4 Å². The first-order chi connectivity index (χ1) is 18.9. The number of hydrazone groups is 3. The molecule has 9 heteroatoms. The van der Waals surface area contributed by atoms with Crippen molar-refractivity contribution in [1.29, 1.82) is 0 Å². The highest BCUT2D eigenvalue weighted by Crippen LogP contribution is 2.51. The number of carbonyl (C=O) groups is 3. The topological polar surface area (TPSA) is 98.0 Å². The van der Waals surface area contributed by atoms with Gasteiger partial charge in [-0.25, -0.2) is 10.0 Å². The Kier molecular flexibility index (Phi) is 5.71. The van der Waals surface area contributed by atoms with Crippen LogP contribution in [0.5, 0.6) is 0 Å². The Morgan fingerprint density at radius 2 is 0.897 bits per heavy atom. The van der Waals surface area contributed by atoms with Gasteiger partial charge >= 0.3 is 0 Å². The van der Waals surface area contributed by atoms with E-state index in [1.54, 1.807) is 57.2 Å². The molecule has 0 saturated heterocycles. The van der Waals surface area contributed by atoms with Crippen LogP contribution in [0.1, 0.15) is 20.8 Å². The van der Waals surface area contributed by atoms with Crippen LogP contribution >= 0.6 is 0 Å². The number of rotatable bonds is 5. The first kappa shape index (κ1) is 24.4. The molecule has 0 aliphatic carbocycles. The molecule has 3 aliphatic rings. The highest BCUT2D eigenvalue weighted by molar-refractivity contribution is 6.33. The van der Waals surface area contributed by atoms with Gasteiger partial charge in [0.1, 0.15) is 17.3 Å². The molecule has 0 aromatic heterocycles. The molecule has 2 unspecified atom stereocenters. The summed E-state index contributed by atoms with van der Waals surface area (Å²) in [6.07, 6.45) is 0. The van der Waals surface area contributed by atoms with Crippen LogP contribution in [0.2, 0.25) is 0 Å². The predicted octanol–water partition coefficient (Wildman–Crippen LogP) is 4.47. The lowest BCUT2D eigenvalue weighted by molar-refractivity contribution is -0.136.